The lowest BCUT2D eigenvalue weighted by molar-refractivity contribution is -0.129. The molecule has 0 aromatic carbocycles. The van der Waals surface area contributed by atoms with E-state index in [0.717, 1.165) is 25.3 Å². The third-order valence-corrected chi connectivity index (χ3v) is 4.33. The van der Waals surface area contributed by atoms with Gasteiger partial charge < -0.3 is 11.1 Å². The minimum absolute atomic E-state index is 0.119. The summed E-state index contributed by atoms with van der Waals surface area (Å²) in [4.78, 5) is 11.9. The molecule has 1 aliphatic rings. The van der Waals surface area contributed by atoms with Crippen LogP contribution in [0.5, 0.6) is 0 Å². The van der Waals surface area contributed by atoms with Crippen molar-refractivity contribution in [1.82, 2.24) is 5.32 Å². The largest absolute Gasteiger partial charge is 0.356 e. The van der Waals surface area contributed by atoms with Crippen LogP contribution in [0.25, 0.3) is 0 Å². The number of rotatable bonds is 7. The first-order chi connectivity index (χ1) is 8.12. The number of nitrogens with one attached hydrogen (secondary N) is 1. The number of hydrogen-bond acceptors (Lipinski definition) is 2. The fourth-order valence-corrected chi connectivity index (χ4v) is 2.50. The van der Waals surface area contributed by atoms with Crippen LogP contribution in [0.3, 0.4) is 0 Å². The van der Waals surface area contributed by atoms with Gasteiger partial charge in [-0.25, -0.2) is 0 Å². The van der Waals surface area contributed by atoms with Crippen LogP contribution < -0.4 is 11.1 Å². The Hall–Kier alpha value is -0.570. The maximum atomic E-state index is 11.9. The third kappa shape index (κ3) is 4.30. The van der Waals surface area contributed by atoms with E-state index >= 15 is 0 Å². The molecule has 0 bridgehead atoms. The molecule has 1 saturated carbocycles. The van der Waals surface area contributed by atoms with Gasteiger partial charge in [0, 0.05) is 13.1 Å². The maximum Gasteiger partial charge on any atom is 0.227 e. The molecule has 0 spiro atoms. The van der Waals surface area contributed by atoms with Gasteiger partial charge in [0.25, 0.3) is 0 Å². The highest BCUT2D eigenvalue weighted by molar-refractivity contribution is 5.82. The van der Waals surface area contributed by atoms with E-state index in [1.807, 2.05) is 13.8 Å². The second-order valence-corrected chi connectivity index (χ2v) is 5.67. The van der Waals surface area contributed by atoms with E-state index in [9.17, 15) is 4.79 Å². The van der Waals surface area contributed by atoms with Crippen molar-refractivity contribution in [1.29, 1.82) is 0 Å². The highest BCUT2D eigenvalue weighted by Gasteiger charge is 2.29. The topological polar surface area (TPSA) is 55.1 Å². The normalized spacial score (nSPS) is 20.2. The SMILES string of the molecule is CCC(C)(CN)C(=O)NCCCC1CCCC1. The van der Waals surface area contributed by atoms with Crippen molar-refractivity contribution in [2.75, 3.05) is 13.1 Å². The third-order valence-electron chi connectivity index (χ3n) is 4.33. The average Bonchev–Trinajstić information content (AvgIpc) is 2.86. The molecule has 1 amide bonds. The summed E-state index contributed by atoms with van der Waals surface area (Å²) in [5.41, 5.74) is 5.28. The zero-order valence-corrected chi connectivity index (χ0v) is 11.4. The standard InChI is InChI=1S/C14H28N2O/c1-3-14(2,11-15)13(17)16-10-6-9-12-7-4-5-8-12/h12H,3-11,15H2,1-2H3,(H,16,17). The van der Waals surface area contributed by atoms with Gasteiger partial charge in [0.2, 0.25) is 5.91 Å². The van der Waals surface area contributed by atoms with E-state index in [0.29, 0.717) is 6.54 Å². The molecule has 0 heterocycles. The van der Waals surface area contributed by atoms with Crippen molar-refractivity contribution >= 4 is 5.91 Å². The zero-order chi connectivity index (χ0) is 12.7. The van der Waals surface area contributed by atoms with Gasteiger partial charge in [-0.15, -0.1) is 0 Å². The molecule has 1 aliphatic carbocycles. The number of carbonyl (C=O) groups is 1. The van der Waals surface area contributed by atoms with Crippen molar-refractivity contribution in [3.63, 3.8) is 0 Å². The van der Waals surface area contributed by atoms with Gasteiger partial charge in [-0.1, -0.05) is 32.6 Å². The van der Waals surface area contributed by atoms with Gasteiger partial charge in [0.05, 0.1) is 5.41 Å². The molecule has 3 N–H and O–H groups in total. The van der Waals surface area contributed by atoms with E-state index in [1.165, 1.54) is 32.1 Å². The number of carbonyl (C=O) groups excluding carboxylic acids is 1. The Morgan fingerprint density at radius 3 is 2.59 bits per heavy atom. The first kappa shape index (κ1) is 14.5. The summed E-state index contributed by atoms with van der Waals surface area (Å²) in [6, 6.07) is 0. The molecule has 0 aromatic heterocycles. The lowest BCUT2D eigenvalue weighted by atomic mass is 9.86. The van der Waals surface area contributed by atoms with E-state index in [1.54, 1.807) is 0 Å². The Bertz CT molecular complexity index is 230. The highest BCUT2D eigenvalue weighted by atomic mass is 16.2. The van der Waals surface area contributed by atoms with Gasteiger partial charge in [-0.3, -0.25) is 4.79 Å². The Kier molecular flexibility index (Phi) is 5.96. The van der Waals surface area contributed by atoms with E-state index in [4.69, 9.17) is 5.73 Å². The Balaban J connectivity index is 2.14. The zero-order valence-electron chi connectivity index (χ0n) is 11.4. The van der Waals surface area contributed by atoms with Crippen LogP contribution in [0.4, 0.5) is 0 Å². The van der Waals surface area contributed by atoms with Gasteiger partial charge in [0.15, 0.2) is 0 Å². The van der Waals surface area contributed by atoms with Crippen LogP contribution in [0.2, 0.25) is 0 Å². The predicted octanol–water partition coefficient (Wildman–Crippen LogP) is 2.45. The Morgan fingerprint density at radius 1 is 1.41 bits per heavy atom. The van der Waals surface area contributed by atoms with E-state index in [2.05, 4.69) is 5.32 Å². The van der Waals surface area contributed by atoms with Gasteiger partial charge in [0.1, 0.15) is 0 Å². The molecule has 1 unspecified atom stereocenters. The maximum absolute atomic E-state index is 11.9. The molecule has 0 saturated heterocycles. The lowest BCUT2D eigenvalue weighted by Crippen LogP contribution is -2.43. The molecule has 3 nitrogen and oxygen atoms in total. The number of hydrogen-bond donors (Lipinski definition) is 2. The molecule has 0 aliphatic heterocycles. The molecule has 0 radical (unpaired) electrons. The summed E-state index contributed by atoms with van der Waals surface area (Å²) >= 11 is 0. The molecule has 3 heteroatoms. The minimum atomic E-state index is -0.382. The van der Waals surface area contributed by atoms with Gasteiger partial charge in [-0.05, 0) is 32.1 Å². The molecule has 0 aromatic rings. The van der Waals surface area contributed by atoms with Crippen molar-refractivity contribution in [3.8, 4) is 0 Å². The second-order valence-electron chi connectivity index (χ2n) is 5.67. The van der Waals surface area contributed by atoms with E-state index in [-0.39, 0.29) is 11.3 Å². The summed E-state index contributed by atoms with van der Waals surface area (Å²) < 4.78 is 0. The predicted molar refractivity (Wildman–Crippen MR) is 71.7 cm³/mol. The summed E-state index contributed by atoms with van der Waals surface area (Å²) in [5, 5.41) is 3.03. The summed E-state index contributed by atoms with van der Waals surface area (Å²) in [7, 11) is 0. The van der Waals surface area contributed by atoms with E-state index < -0.39 is 0 Å². The van der Waals surface area contributed by atoms with Crippen LogP contribution in [0.1, 0.15) is 58.8 Å². The van der Waals surface area contributed by atoms with Crippen molar-refractivity contribution in [3.05, 3.63) is 0 Å². The van der Waals surface area contributed by atoms with Crippen molar-refractivity contribution < 1.29 is 4.79 Å². The van der Waals surface area contributed by atoms with Gasteiger partial charge in [-0.2, -0.15) is 0 Å². The quantitative estimate of drug-likeness (QED) is 0.672. The van der Waals surface area contributed by atoms with Crippen molar-refractivity contribution in [2.24, 2.45) is 17.1 Å². The minimum Gasteiger partial charge on any atom is -0.356 e. The van der Waals surface area contributed by atoms with Crippen LogP contribution in [0, 0.1) is 11.3 Å². The first-order valence-electron chi connectivity index (χ1n) is 7.10. The molecule has 1 rings (SSSR count). The molecule has 1 atom stereocenters. The lowest BCUT2D eigenvalue weighted by Gasteiger charge is -2.25. The molecule has 100 valence electrons. The average molecular weight is 240 g/mol. The van der Waals surface area contributed by atoms with Crippen LogP contribution in [0.15, 0.2) is 0 Å². The fraction of sp³-hybridized carbons (Fsp3) is 0.929. The summed E-state index contributed by atoms with van der Waals surface area (Å²) in [6.07, 6.45) is 8.77. The Labute approximate surface area is 106 Å². The fourth-order valence-electron chi connectivity index (χ4n) is 2.50. The van der Waals surface area contributed by atoms with Crippen LogP contribution in [-0.2, 0) is 4.79 Å². The second kappa shape index (κ2) is 7.00. The molecule has 17 heavy (non-hydrogen) atoms. The molecule has 1 fully saturated rings. The first-order valence-corrected chi connectivity index (χ1v) is 7.10. The molecular formula is C14H28N2O. The summed E-state index contributed by atoms with van der Waals surface area (Å²) in [5.74, 6) is 1.04. The van der Waals surface area contributed by atoms with Crippen LogP contribution >= 0.6 is 0 Å². The van der Waals surface area contributed by atoms with Crippen molar-refractivity contribution in [2.45, 2.75) is 58.8 Å². The van der Waals surface area contributed by atoms with Crippen LogP contribution in [-0.4, -0.2) is 19.0 Å². The number of nitrogens with two attached hydrogens (primary N) is 1. The monoisotopic (exact) mass is 240 g/mol. The van der Waals surface area contributed by atoms with Gasteiger partial charge >= 0.3 is 0 Å². The number of amides is 1. The highest BCUT2D eigenvalue weighted by Crippen LogP contribution is 2.28. The molecular weight excluding hydrogens is 212 g/mol. The Morgan fingerprint density at radius 2 is 2.06 bits per heavy atom. The summed E-state index contributed by atoms with van der Waals surface area (Å²) in [6.45, 7) is 5.20. The smallest absolute Gasteiger partial charge is 0.227 e.